The highest BCUT2D eigenvalue weighted by Crippen LogP contribution is 2.28. The Kier molecular flexibility index (Phi) is 4.56. The molecule has 1 aromatic rings. The van der Waals surface area contributed by atoms with Crippen LogP contribution in [0.4, 0.5) is 0 Å². The molecule has 1 fully saturated rings. The topological polar surface area (TPSA) is 69.6 Å². The molecule has 0 saturated heterocycles. The average Bonchev–Trinajstić information content (AvgIpc) is 2.85. The molecule has 0 spiro atoms. The van der Waals surface area contributed by atoms with Gasteiger partial charge >= 0.3 is 0 Å². The molecule has 0 aromatic heterocycles. The number of hydrogen-bond donors (Lipinski definition) is 3. The molecule has 2 rings (SSSR count). The summed E-state index contributed by atoms with van der Waals surface area (Å²) in [6, 6.07) is 9.12. The fourth-order valence-electron chi connectivity index (χ4n) is 2.51. The highest BCUT2D eigenvalue weighted by Gasteiger charge is 2.31. The smallest absolute Gasteiger partial charge is 0.223 e. The van der Waals surface area contributed by atoms with E-state index in [1.165, 1.54) is 0 Å². The molecule has 3 N–H and O–H groups in total. The molecule has 4 nitrogen and oxygen atoms in total. The molecule has 1 atom stereocenters. The zero-order valence-electron chi connectivity index (χ0n) is 11.0. The first kappa shape index (κ1) is 14.0. The summed E-state index contributed by atoms with van der Waals surface area (Å²) >= 11 is 0. The summed E-state index contributed by atoms with van der Waals surface area (Å²) in [5, 5.41) is 22.8. The van der Waals surface area contributed by atoms with Crippen molar-refractivity contribution in [3.05, 3.63) is 35.9 Å². The Morgan fingerprint density at radius 2 is 1.89 bits per heavy atom. The Labute approximate surface area is 113 Å². The van der Waals surface area contributed by atoms with E-state index in [1.54, 1.807) is 12.1 Å². The summed E-state index contributed by atoms with van der Waals surface area (Å²) in [4.78, 5) is 11.7. The highest BCUT2D eigenvalue weighted by atomic mass is 16.3. The van der Waals surface area contributed by atoms with Crippen LogP contribution < -0.4 is 5.32 Å². The van der Waals surface area contributed by atoms with Gasteiger partial charge in [-0.1, -0.05) is 43.2 Å². The maximum atomic E-state index is 11.7. The quantitative estimate of drug-likeness (QED) is 0.754. The fourth-order valence-corrected chi connectivity index (χ4v) is 2.51. The molecule has 1 aliphatic carbocycles. The monoisotopic (exact) mass is 263 g/mol. The van der Waals surface area contributed by atoms with Crippen LogP contribution in [0.1, 0.15) is 43.8 Å². The molecule has 19 heavy (non-hydrogen) atoms. The van der Waals surface area contributed by atoms with Gasteiger partial charge in [0.15, 0.2) is 0 Å². The Morgan fingerprint density at radius 3 is 2.53 bits per heavy atom. The van der Waals surface area contributed by atoms with E-state index in [-0.39, 0.29) is 18.9 Å². The van der Waals surface area contributed by atoms with Crippen molar-refractivity contribution in [1.29, 1.82) is 0 Å². The lowest BCUT2D eigenvalue weighted by Gasteiger charge is -2.22. The largest absolute Gasteiger partial charge is 0.388 e. The summed E-state index contributed by atoms with van der Waals surface area (Å²) in [6.45, 7) is 0.285. The first-order valence-electron chi connectivity index (χ1n) is 6.81. The minimum absolute atomic E-state index is 0.0279. The van der Waals surface area contributed by atoms with Crippen LogP contribution >= 0.6 is 0 Å². The fraction of sp³-hybridized carbons (Fsp3) is 0.533. The standard InChI is InChI=1S/C15H21NO3/c17-13(12-6-2-1-3-7-12)10-14(18)16-11-15(19)8-4-5-9-15/h1-3,6-7,13,17,19H,4-5,8-11H2,(H,16,18). The minimum atomic E-state index is -0.792. The number of amides is 1. The Morgan fingerprint density at radius 1 is 1.26 bits per heavy atom. The molecule has 104 valence electrons. The van der Waals surface area contributed by atoms with Crippen LogP contribution in [0, 0.1) is 0 Å². The summed E-state index contributed by atoms with van der Waals surface area (Å²) in [5.41, 5.74) is -0.00915. The van der Waals surface area contributed by atoms with Crippen molar-refractivity contribution >= 4 is 5.91 Å². The molecule has 4 heteroatoms. The van der Waals surface area contributed by atoms with Crippen molar-refractivity contribution in [3.63, 3.8) is 0 Å². The third-order valence-electron chi connectivity index (χ3n) is 3.71. The molecule has 1 amide bonds. The van der Waals surface area contributed by atoms with Crippen molar-refractivity contribution in [3.8, 4) is 0 Å². The SMILES string of the molecule is O=C(CC(O)c1ccccc1)NCC1(O)CCCC1. The van der Waals surface area contributed by atoms with Crippen LogP contribution in [0.3, 0.4) is 0 Å². The van der Waals surface area contributed by atoms with Gasteiger partial charge in [0.05, 0.1) is 18.1 Å². The van der Waals surface area contributed by atoms with Crippen LogP contribution in [-0.4, -0.2) is 28.3 Å². The predicted octanol–water partition coefficient (Wildman–Crippen LogP) is 1.53. The number of nitrogens with one attached hydrogen (secondary N) is 1. The van der Waals surface area contributed by atoms with Gasteiger partial charge in [-0.05, 0) is 18.4 Å². The lowest BCUT2D eigenvalue weighted by atomic mass is 10.0. The molecule has 1 aromatic carbocycles. The molecule has 0 heterocycles. The molecule has 0 aliphatic heterocycles. The van der Waals surface area contributed by atoms with Crippen LogP contribution in [0.15, 0.2) is 30.3 Å². The molecule has 0 radical (unpaired) electrons. The van der Waals surface area contributed by atoms with Crippen LogP contribution in [-0.2, 0) is 4.79 Å². The van der Waals surface area contributed by atoms with Gasteiger partial charge in [-0.2, -0.15) is 0 Å². The van der Waals surface area contributed by atoms with E-state index in [0.717, 1.165) is 31.2 Å². The van der Waals surface area contributed by atoms with Gasteiger partial charge in [0.25, 0.3) is 0 Å². The molecular weight excluding hydrogens is 242 g/mol. The zero-order chi connectivity index (χ0) is 13.7. The Bertz CT molecular complexity index is 413. The molecule has 0 bridgehead atoms. The second-order valence-corrected chi connectivity index (χ2v) is 5.34. The van der Waals surface area contributed by atoms with E-state index < -0.39 is 11.7 Å². The minimum Gasteiger partial charge on any atom is -0.388 e. The number of aliphatic hydroxyl groups excluding tert-OH is 1. The second-order valence-electron chi connectivity index (χ2n) is 5.34. The number of carbonyl (C=O) groups excluding carboxylic acids is 1. The van der Waals surface area contributed by atoms with Gasteiger partial charge in [-0.15, -0.1) is 0 Å². The highest BCUT2D eigenvalue weighted by molar-refractivity contribution is 5.76. The summed E-state index contributed by atoms with van der Waals surface area (Å²) in [6.07, 6.45) is 2.75. The first-order chi connectivity index (χ1) is 9.09. The lowest BCUT2D eigenvalue weighted by Crippen LogP contribution is -2.41. The third kappa shape index (κ3) is 4.04. The van der Waals surface area contributed by atoms with Crippen molar-refractivity contribution < 1.29 is 15.0 Å². The zero-order valence-corrected chi connectivity index (χ0v) is 11.0. The van der Waals surface area contributed by atoms with Crippen LogP contribution in [0.25, 0.3) is 0 Å². The van der Waals surface area contributed by atoms with Gasteiger partial charge in [0, 0.05) is 6.54 Å². The Hall–Kier alpha value is -1.39. The van der Waals surface area contributed by atoms with Crippen molar-refractivity contribution in [2.24, 2.45) is 0 Å². The van der Waals surface area contributed by atoms with Gasteiger partial charge in [-0.3, -0.25) is 4.79 Å². The van der Waals surface area contributed by atoms with Gasteiger partial charge in [0.1, 0.15) is 0 Å². The third-order valence-corrected chi connectivity index (χ3v) is 3.71. The van der Waals surface area contributed by atoms with Gasteiger partial charge < -0.3 is 15.5 Å². The van der Waals surface area contributed by atoms with Crippen molar-refractivity contribution in [2.75, 3.05) is 6.54 Å². The average molecular weight is 263 g/mol. The second kappa shape index (κ2) is 6.17. The number of benzene rings is 1. The Balaban J connectivity index is 1.78. The van der Waals surface area contributed by atoms with Gasteiger partial charge in [-0.25, -0.2) is 0 Å². The molecule has 1 unspecified atom stereocenters. The van der Waals surface area contributed by atoms with E-state index in [9.17, 15) is 15.0 Å². The van der Waals surface area contributed by atoms with Crippen molar-refractivity contribution in [2.45, 2.75) is 43.8 Å². The van der Waals surface area contributed by atoms with Crippen LogP contribution in [0.2, 0.25) is 0 Å². The van der Waals surface area contributed by atoms with Crippen molar-refractivity contribution in [1.82, 2.24) is 5.32 Å². The molecule has 1 aliphatic rings. The number of hydrogen-bond acceptors (Lipinski definition) is 3. The van der Waals surface area contributed by atoms with E-state index in [2.05, 4.69) is 5.32 Å². The molecule has 1 saturated carbocycles. The van der Waals surface area contributed by atoms with E-state index in [0.29, 0.717) is 0 Å². The number of rotatable bonds is 5. The maximum absolute atomic E-state index is 11.7. The van der Waals surface area contributed by atoms with Crippen LogP contribution in [0.5, 0.6) is 0 Å². The molecular formula is C15H21NO3. The number of carbonyl (C=O) groups is 1. The van der Waals surface area contributed by atoms with E-state index in [1.807, 2.05) is 18.2 Å². The lowest BCUT2D eigenvalue weighted by molar-refractivity contribution is -0.124. The maximum Gasteiger partial charge on any atom is 0.223 e. The van der Waals surface area contributed by atoms with E-state index >= 15 is 0 Å². The number of aliphatic hydroxyl groups is 2. The summed E-state index contributed by atoms with van der Waals surface area (Å²) in [5.74, 6) is -0.225. The van der Waals surface area contributed by atoms with Gasteiger partial charge in [0.2, 0.25) is 5.91 Å². The summed E-state index contributed by atoms with van der Waals surface area (Å²) < 4.78 is 0. The predicted molar refractivity (Wildman–Crippen MR) is 72.4 cm³/mol. The first-order valence-corrected chi connectivity index (χ1v) is 6.81. The van der Waals surface area contributed by atoms with E-state index in [4.69, 9.17) is 0 Å². The summed E-state index contributed by atoms with van der Waals surface area (Å²) in [7, 11) is 0. The normalized spacial score (nSPS) is 19.1.